The molecule has 1 aromatic heterocycles. The molecule has 1 aromatic rings. The molecular formula is C9H12ClN3O3. The van der Waals surface area contributed by atoms with Gasteiger partial charge in [0.2, 0.25) is 0 Å². The molecule has 1 N–H and O–H groups in total. The second-order valence-electron chi connectivity index (χ2n) is 2.84. The van der Waals surface area contributed by atoms with Gasteiger partial charge in [-0.1, -0.05) is 11.6 Å². The molecule has 16 heavy (non-hydrogen) atoms. The van der Waals surface area contributed by atoms with Crippen molar-refractivity contribution in [1.82, 2.24) is 15.3 Å². The highest BCUT2D eigenvalue weighted by Gasteiger charge is 2.11. The van der Waals surface area contributed by atoms with E-state index in [0.29, 0.717) is 0 Å². The van der Waals surface area contributed by atoms with Crippen LogP contribution in [0.15, 0.2) is 12.4 Å². The highest BCUT2D eigenvalue weighted by atomic mass is 35.5. The lowest BCUT2D eigenvalue weighted by Gasteiger charge is -2.13. The Morgan fingerprint density at radius 2 is 2.19 bits per heavy atom. The maximum Gasteiger partial charge on any atom is 0.271 e. The summed E-state index contributed by atoms with van der Waals surface area (Å²) in [7, 11) is 2.97. The van der Waals surface area contributed by atoms with E-state index in [2.05, 4.69) is 15.3 Å². The lowest BCUT2D eigenvalue weighted by Crippen LogP contribution is -2.34. The molecule has 0 fully saturated rings. The van der Waals surface area contributed by atoms with E-state index < -0.39 is 6.29 Å². The van der Waals surface area contributed by atoms with Crippen LogP contribution < -0.4 is 5.32 Å². The van der Waals surface area contributed by atoms with E-state index in [9.17, 15) is 4.79 Å². The summed E-state index contributed by atoms with van der Waals surface area (Å²) in [5.74, 6) is -0.380. The number of ether oxygens (including phenoxy) is 2. The molecule has 1 heterocycles. The summed E-state index contributed by atoms with van der Waals surface area (Å²) in [5, 5.41) is 2.75. The molecule has 0 aliphatic rings. The fourth-order valence-electron chi connectivity index (χ4n) is 0.981. The number of aromatic nitrogens is 2. The zero-order chi connectivity index (χ0) is 12.0. The van der Waals surface area contributed by atoms with Crippen LogP contribution in [0.4, 0.5) is 0 Å². The third-order valence-corrected chi connectivity index (χ3v) is 1.97. The van der Waals surface area contributed by atoms with Crippen LogP contribution in [0.3, 0.4) is 0 Å². The molecular weight excluding hydrogens is 234 g/mol. The number of nitrogens with one attached hydrogen (secondary N) is 1. The van der Waals surface area contributed by atoms with Crippen molar-refractivity contribution >= 4 is 17.5 Å². The fourth-order valence-corrected chi connectivity index (χ4v) is 1.13. The third kappa shape index (κ3) is 3.73. The monoisotopic (exact) mass is 245 g/mol. The molecule has 1 amide bonds. The maximum atomic E-state index is 11.5. The smallest absolute Gasteiger partial charge is 0.271 e. The van der Waals surface area contributed by atoms with Gasteiger partial charge in [0.1, 0.15) is 10.8 Å². The Bertz CT molecular complexity index is 358. The van der Waals surface area contributed by atoms with Crippen LogP contribution in [0.5, 0.6) is 0 Å². The summed E-state index contributed by atoms with van der Waals surface area (Å²) in [6.45, 7) is 0.222. The zero-order valence-corrected chi connectivity index (χ0v) is 9.69. The summed E-state index contributed by atoms with van der Waals surface area (Å²) in [5.41, 5.74) is 0.151. The summed E-state index contributed by atoms with van der Waals surface area (Å²) in [6.07, 6.45) is 2.19. The number of hydrogen-bond acceptors (Lipinski definition) is 5. The van der Waals surface area contributed by atoms with E-state index in [1.165, 1.54) is 26.6 Å². The number of carbonyl (C=O) groups is 1. The molecule has 0 spiro atoms. The van der Waals surface area contributed by atoms with Crippen LogP contribution in [0.2, 0.25) is 5.15 Å². The van der Waals surface area contributed by atoms with Crippen LogP contribution in [0.1, 0.15) is 10.5 Å². The molecule has 88 valence electrons. The number of carbonyl (C=O) groups excluding carboxylic acids is 1. The van der Waals surface area contributed by atoms with Crippen molar-refractivity contribution in [3.05, 3.63) is 23.2 Å². The number of amides is 1. The molecule has 0 saturated carbocycles. The highest BCUT2D eigenvalue weighted by molar-refractivity contribution is 6.29. The first-order valence-electron chi connectivity index (χ1n) is 4.48. The molecule has 0 aromatic carbocycles. The summed E-state index contributed by atoms with van der Waals surface area (Å²) in [4.78, 5) is 19.1. The molecule has 0 atom stereocenters. The van der Waals surface area contributed by atoms with Crippen molar-refractivity contribution in [2.24, 2.45) is 0 Å². The quantitative estimate of drug-likeness (QED) is 0.764. The highest BCUT2D eigenvalue weighted by Crippen LogP contribution is 2.02. The lowest BCUT2D eigenvalue weighted by molar-refractivity contribution is -0.0974. The number of methoxy groups -OCH3 is 2. The van der Waals surface area contributed by atoms with E-state index >= 15 is 0 Å². The number of halogens is 1. The van der Waals surface area contributed by atoms with Crippen molar-refractivity contribution in [2.45, 2.75) is 6.29 Å². The van der Waals surface area contributed by atoms with Crippen LogP contribution in [-0.4, -0.2) is 42.9 Å². The van der Waals surface area contributed by atoms with Gasteiger partial charge in [-0.15, -0.1) is 0 Å². The van der Waals surface area contributed by atoms with Crippen molar-refractivity contribution in [3.8, 4) is 0 Å². The molecule has 0 unspecified atom stereocenters. The standard InChI is InChI=1S/C9H12ClN3O3/c1-15-8(16-2)5-12-9(14)6-3-11-4-7(10)13-6/h3-4,8H,5H2,1-2H3,(H,12,14). The van der Waals surface area contributed by atoms with Gasteiger partial charge in [0.25, 0.3) is 5.91 Å². The van der Waals surface area contributed by atoms with Gasteiger partial charge in [0.05, 0.1) is 18.9 Å². The first-order valence-corrected chi connectivity index (χ1v) is 4.86. The largest absolute Gasteiger partial charge is 0.354 e. The summed E-state index contributed by atoms with van der Waals surface area (Å²) >= 11 is 5.60. The first kappa shape index (κ1) is 12.8. The first-order chi connectivity index (χ1) is 7.67. The van der Waals surface area contributed by atoms with Crippen molar-refractivity contribution in [2.75, 3.05) is 20.8 Å². The average Bonchev–Trinajstić information content (AvgIpc) is 2.30. The van der Waals surface area contributed by atoms with Crippen LogP contribution in [0, 0.1) is 0 Å². The average molecular weight is 246 g/mol. The normalized spacial score (nSPS) is 10.5. The zero-order valence-electron chi connectivity index (χ0n) is 8.94. The van der Waals surface area contributed by atoms with E-state index in [1.807, 2.05) is 0 Å². The van der Waals surface area contributed by atoms with Gasteiger partial charge in [0.15, 0.2) is 6.29 Å². The minimum Gasteiger partial charge on any atom is -0.354 e. The van der Waals surface area contributed by atoms with Crippen LogP contribution in [-0.2, 0) is 9.47 Å². The summed E-state index contributed by atoms with van der Waals surface area (Å²) in [6, 6.07) is 0. The molecule has 6 nitrogen and oxygen atoms in total. The summed E-state index contributed by atoms with van der Waals surface area (Å²) < 4.78 is 9.82. The minimum atomic E-state index is -0.490. The Labute approximate surface area is 97.9 Å². The second-order valence-corrected chi connectivity index (χ2v) is 3.23. The Morgan fingerprint density at radius 3 is 2.75 bits per heavy atom. The fraction of sp³-hybridized carbons (Fsp3) is 0.444. The second kappa shape index (κ2) is 6.37. The Kier molecular flexibility index (Phi) is 5.10. The molecule has 0 radical (unpaired) electrons. The molecule has 0 aliphatic carbocycles. The van der Waals surface area contributed by atoms with Crippen LogP contribution in [0.25, 0.3) is 0 Å². The van der Waals surface area contributed by atoms with Gasteiger partial charge in [-0.25, -0.2) is 4.98 Å². The topological polar surface area (TPSA) is 73.3 Å². The minimum absolute atomic E-state index is 0.151. The van der Waals surface area contributed by atoms with Crippen molar-refractivity contribution in [1.29, 1.82) is 0 Å². The van der Waals surface area contributed by atoms with Crippen molar-refractivity contribution < 1.29 is 14.3 Å². The van der Waals surface area contributed by atoms with E-state index in [0.717, 1.165) is 0 Å². The predicted molar refractivity (Wildman–Crippen MR) is 57.2 cm³/mol. The number of hydrogen-bond donors (Lipinski definition) is 1. The predicted octanol–water partition coefficient (Wildman–Crippen LogP) is 0.479. The molecule has 7 heteroatoms. The SMILES string of the molecule is COC(CNC(=O)c1cncc(Cl)n1)OC. The molecule has 1 rings (SSSR count). The van der Waals surface area contributed by atoms with Crippen LogP contribution >= 0.6 is 11.6 Å². The molecule has 0 bridgehead atoms. The van der Waals surface area contributed by atoms with Gasteiger partial charge in [0, 0.05) is 14.2 Å². The number of nitrogens with zero attached hydrogens (tertiary/aromatic N) is 2. The van der Waals surface area contributed by atoms with E-state index in [1.54, 1.807) is 0 Å². The Morgan fingerprint density at radius 1 is 1.50 bits per heavy atom. The molecule has 0 aliphatic heterocycles. The van der Waals surface area contributed by atoms with Crippen molar-refractivity contribution in [3.63, 3.8) is 0 Å². The molecule has 0 saturated heterocycles. The third-order valence-electron chi connectivity index (χ3n) is 1.79. The lowest BCUT2D eigenvalue weighted by atomic mass is 10.4. The van der Waals surface area contributed by atoms with Gasteiger partial charge in [-0.05, 0) is 0 Å². The Balaban J connectivity index is 2.52. The van der Waals surface area contributed by atoms with Gasteiger partial charge in [-0.3, -0.25) is 9.78 Å². The van der Waals surface area contributed by atoms with Gasteiger partial charge >= 0.3 is 0 Å². The van der Waals surface area contributed by atoms with Gasteiger partial charge < -0.3 is 14.8 Å². The van der Waals surface area contributed by atoms with Gasteiger partial charge in [-0.2, -0.15) is 0 Å². The number of rotatable bonds is 5. The van der Waals surface area contributed by atoms with E-state index in [4.69, 9.17) is 21.1 Å². The Hall–Kier alpha value is -1.24. The maximum absolute atomic E-state index is 11.5. The van der Waals surface area contributed by atoms with E-state index in [-0.39, 0.29) is 23.3 Å².